The summed E-state index contributed by atoms with van der Waals surface area (Å²) in [7, 11) is 1.59. The number of methoxy groups -OCH3 is 1. The first-order chi connectivity index (χ1) is 14.1. The van der Waals surface area contributed by atoms with E-state index in [0.717, 1.165) is 10.6 Å². The molecule has 0 aliphatic carbocycles. The third-order valence-electron chi connectivity index (χ3n) is 4.99. The largest absolute Gasteiger partial charge is 0.497 e. The van der Waals surface area contributed by atoms with Crippen LogP contribution in [-0.4, -0.2) is 41.9 Å². The summed E-state index contributed by atoms with van der Waals surface area (Å²) in [5.74, 6) is 0.345. The Labute approximate surface area is 181 Å². The first-order valence-corrected chi connectivity index (χ1v) is 10.7. The van der Waals surface area contributed by atoms with Crippen LogP contribution in [0.2, 0.25) is 0 Å². The molecule has 1 aliphatic heterocycles. The molecule has 0 aromatic heterocycles. The van der Waals surface area contributed by atoms with Gasteiger partial charge in [0.15, 0.2) is 0 Å². The fourth-order valence-electron chi connectivity index (χ4n) is 3.40. The zero-order valence-corrected chi connectivity index (χ0v) is 18.6. The molecule has 0 atom stereocenters. The Hall–Kier alpha value is -2.25. The molecule has 3 rings (SSSR count). The number of likely N-dealkylation sites (tertiary alicyclic amines) is 1. The number of piperidine rings is 1. The fraction of sp³-hybridized carbons (Fsp3) is 0.435. The second-order valence-corrected chi connectivity index (χ2v) is 9.48. The summed E-state index contributed by atoms with van der Waals surface area (Å²) in [4.78, 5) is 15.2. The fourth-order valence-corrected chi connectivity index (χ4v) is 4.44. The van der Waals surface area contributed by atoms with Crippen LogP contribution in [0.25, 0.3) is 0 Å². The van der Waals surface area contributed by atoms with Crippen LogP contribution in [0, 0.1) is 5.82 Å². The highest BCUT2D eigenvalue weighted by Crippen LogP contribution is 2.42. The zero-order chi connectivity index (χ0) is 21.9. The van der Waals surface area contributed by atoms with Gasteiger partial charge in [-0.15, -0.1) is 0 Å². The number of carbonyl (C=O) groups is 1. The van der Waals surface area contributed by atoms with Crippen molar-refractivity contribution in [2.24, 2.45) is 0 Å². The standard InChI is InChI=1S/C23H28FNO4S/c1-22(2,3)29-21(26)25-14-12-23(27,13-15-25)18-6-5-7-19(24)20(18)30-17-10-8-16(28-4)9-11-17/h5-11,27H,12-15H2,1-4H3. The van der Waals surface area contributed by atoms with E-state index in [-0.39, 0.29) is 5.82 Å². The highest BCUT2D eigenvalue weighted by molar-refractivity contribution is 7.99. The number of hydrogen-bond acceptors (Lipinski definition) is 5. The molecule has 0 saturated carbocycles. The molecule has 1 heterocycles. The summed E-state index contributed by atoms with van der Waals surface area (Å²) in [6, 6.07) is 12.1. The van der Waals surface area contributed by atoms with E-state index in [0.29, 0.717) is 36.4 Å². The van der Waals surface area contributed by atoms with Gasteiger partial charge in [0.05, 0.1) is 17.6 Å². The van der Waals surface area contributed by atoms with Crippen LogP contribution in [0.4, 0.5) is 9.18 Å². The number of amides is 1. The second kappa shape index (κ2) is 8.86. The van der Waals surface area contributed by atoms with Crippen LogP contribution in [0.5, 0.6) is 5.75 Å². The predicted octanol–water partition coefficient (Wildman–Crippen LogP) is 5.20. The molecular weight excluding hydrogens is 405 g/mol. The molecule has 2 aromatic carbocycles. The molecule has 0 unspecified atom stereocenters. The van der Waals surface area contributed by atoms with Crippen molar-refractivity contribution in [2.75, 3.05) is 20.2 Å². The van der Waals surface area contributed by atoms with Crippen LogP contribution in [0.3, 0.4) is 0 Å². The quantitative estimate of drug-likeness (QED) is 0.718. The number of carbonyl (C=O) groups excluding carboxylic acids is 1. The van der Waals surface area contributed by atoms with Crippen molar-refractivity contribution in [3.05, 3.63) is 53.8 Å². The molecule has 5 nitrogen and oxygen atoms in total. The lowest BCUT2D eigenvalue weighted by molar-refractivity contribution is -0.0374. The zero-order valence-electron chi connectivity index (χ0n) is 17.8. The monoisotopic (exact) mass is 433 g/mol. The van der Waals surface area contributed by atoms with Crippen molar-refractivity contribution in [1.82, 2.24) is 4.90 Å². The number of hydrogen-bond donors (Lipinski definition) is 1. The summed E-state index contributed by atoms with van der Waals surface area (Å²) < 4.78 is 25.4. The van der Waals surface area contributed by atoms with E-state index in [1.807, 2.05) is 45.0 Å². The van der Waals surface area contributed by atoms with Gasteiger partial charge in [0.25, 0.3) is 0 Å². The Kier molecular flexibility index (Phi) is 6.62. The number of rotatable bonds is 4. The van der Waals surface area contributed by atoms with E-state index >= 15 is 0 Å². The van der Waals surface area contributed by atoms with Gasteiger partial charge in [-0.25, -0.2) is 9.18 Å². The number of ether oxygens (including phenoxy) is 2. The van der Waals surface area contributed by atoms with Gasteiger partial charge in [0.2, 0.25) is 0 Å². The molecule has 0 bridgehead atoms. The second-order valence-electron chi connectivity index (χ2n) is 8.39. The van der Waals surface area contributed by atoms with Crippen molar-refractivity contribution in [2.45, 2.75) is 54.6 Å². The average molecular weight is 434 g/mol. The molecule has 162 valence electrons. The molecular formula is C23H28FNO4S. The minimum atomic E-state index is -1.21. The molecule has 1 saturated heterocycles. The van der Waals surface area contributed by atoms with Crippen LogP contribution in [0.1, 0.15) is 39.2 Å². The lowest BCUT2D eigenvalue weighted by Gasteiger charge is -2.39. The summed E-state index contributed by atoms with van der Waals surface area (Å²) in [6.07, 6.45) is 0.231. The topological polar surface area (TPSA) is 59.0 Å². The van der Waals surface area contributed by atoms with Crippen LogP contribution in [-0.2, 0) is 10.3 Å². The highest BCUT2D eigenvalue weighted by Gasteiger charge is 2.38. The SMILES string of the molecule is COc1ccc(Sc2c(F)cccc2C2(O)CCN(C(=O)OC(C)(C)C)CC2)cc1. The van der Waals surface area contributed by atoms with Crippen molar-refractivity contribution in [3.63, 3.8) is 0 Å². The Morgan fingerprint density at radius 2 is 1.77 bits per heavy atom. The summed E-state index contributed by atoms with van der Waals surface area (Å²) in [5, 5.41) is 11.4. The van der Waals surface area contributed by atoms with E-state index in [2.05, 4.69) is 0 Å². The van der Waals surface area contributed by atoms with Crippen molar-refractivity contribution in [3.8, 4) is 5.75 Å². The molecule has 0 radical (unpaired) electrons. The smallest absolute Gasteiger partial charge is 0.410 e. The van der Waals surface area contributed by atoms with E-state index in [9.17, 15) is 14.3 Å². The number of benzene rings is 2. The van der Waals surface area contributed by atoms with Gasteiger partial charge in [-0.3, -0.25) is 0 Å². The molecule has 0 spiro atoms. The van der Waals surface area contributed by atoms with E-state index in [1.165, 1.54) is 17.8 Å². The maximum absolute atomic E-state index is 14.8. The van der Waals surface area contributed by atoms with Gasteiger partial charge in [-0.05, 0) is 63.9 Å². The third-order valence-corrected chi connectivity index (χ3v) is 6.12. The number of halogens is 1. The average Bonchev–Trinajstić information content (AvgIpc) is 2.69. The molecule has 1 fully saturated rings. The Balaban J connectivity index is 1.79. The first-order valence-electron chi connectivity index (χ1n) is 9.92. The highest BCUT2D eigenvalue weighted by atomic mass is 32.2. The number of aliphatic hydroxyl groups is 1. The maximum Gasteiger partial charge on any atom is 0.410 e. The van der Waals surface area contributed by atoms with Crippen molar-refractivity contribution in [1.29, 1.82) is 0 Å². The lowest BCUT2D eigenvalue weighted by Crippen LogP contribution is -2.47. The van der Waals surface area contributed by atoms with Crippen LogP contribution in [0.15, 0.2) is 52.3 Å². The molecule has 30 heavy (non-hydrogen) atoms. The van der Waals surface area contributed by atoms with E-state index in [1.54, 1.807) is 24.1 Å². The van der Waals surface area contributed by atoms with E-state index < -0.39 is 17.3 Å². The molecule has 1 N–H and O–H groups in total. The maximum atomic E-state index is 14.8. The van der Waals surface area contributed by atoms with Crippen molar-refractivity contribution >= 4 is 17.9 Å². The summed E-state index contributed by atoms with van der Waals surface area (Å²) >= 11 is 1.27. The van der Waals surface area contributed by atoms with Gasteiger partial charge >= 0.3 is 6.09 Å². The molecule has 2 aromatic rings. The Morgan fingerprint density at radius 3 is 2.33 bits per heavy atom. The minimum Gasteiger partial charge on any atom is -0.497 e. The van der Waals surface area contributed by atoms with Gasteiger partial charge in [-0.2, -0.15) is 0 Å². The van der Waals surface area contributed by atoms with Crippen molar-refractivity contribution < 1.29 is 23.8 Å². The van der Waals surface area contributed by atoms with Gasteiger partial charge in [-0.1, -0.05) is 23.9 Å². The van der Waals surface area contributed by atoms with E-state index in [4.69, 9.17) is 9.47 Å². The summed E-state index contributed by atoms with van der Waals surface area (Å²) in [6.45, 7) is 6.14. The molecule has 7 heteroatoms. The molecule has 1 amide bonds. The van der Waals surface area contributed by atoms with Crippen LogP contribution < -0.4 is 4.74 Å². The summed E-state index contributed by atoms with van der Waals surface area (Å²) in [5.41, 5.74) is -1.24. The van der Waals surface area contributed by atoms with Gasteiger partial charge < -0.3 is 19.5 Å². The predicted molar refractivity (Wildman–Crippen MR) is 114 cm³/mol. The van der Waals surface area contributed by atoms with Gasteiger partial charge in [0, 0.05) is 23.5 Å². The van der Waals surface area contributed by atoms with Crippen LogP contribution >= 0.6 is 11.8 Å². The Bertz CT molecular complexity index is 887. The minimum absolute atomic E-state index is 0.311. The molecule has 1 aliphatic rings. The lowest BCUT2D eigenvalue weighted by atomic mass is 9.84. The third kappa shape index (κ3) is 5.26. The normalized spacial score (nSPS) is 16.3. The van der Waals surface area contributed by atoms with Gasteiger partial charge in [0.1, 0.15) is 17.2 Å². The first kappa shape index (κ1) is 22.4. The Morgan fingerprint density at radius 1 is 1.13 bits per heavy atom. The number of nitrogens with zero attached hydrogens (tertiary/aromatic N) is 1.